The van der Waals surface area contributed by atoms with E-state index in [1.165, 1.54) is 21.2 Å². The number of benzene rings is 4. The van der Waals surface area contributed by atoms with Gasteiger partial charge >= 0.3 is 160 Å². The van der Waals surface area contributed by atoms with Gasteiger partial charge in [0.25, 0.3) is 0 Å². The van der Waals surface area contributed by atoms with Crippen LogP contribution in [0.25, 0.3) is 0 Å². The first-order valence-corrected chi connectivity index (χ1v) is 21.6. The van der Waals surface area contributed by atoms with E-state index in [0.29, 0.717) is 0 Å². The van der Waals surface area contributed by atoms with Crippen LogP contribution in [0.5, 0.6) is 0 Å². The van der Waals surface area contributed by atoms with Crippen LogP contribution >= 0.6 is 41.1 Å². The van der Waals surface area contributed by atoms with Gasteiger partial charge in [-0.25, -0.2) is 0 Å². The second-order valence-electron chi connectivity index (χ2n) is 7.69. The van der Waals surface area contributed by atoms with Crippen LogP contribution < -0.4 is 21.2 Å². The summed E-state index contributed by atoms with van der Waals surface area (Å²) in [6, 6.07) is 41.1. The molecule has 4 rings (SSSR count). The molecule has 0 N–H and O–H groups in total. The molecular formula is C28H28Au2Br2P2-2. The summed E-state index contributed by atoms with van der Waals surface area (Å²) in [5.74, 6) is 0. The summed E-state index contributed by atoms with van der Waals surface area (Å²) >= 11 is 8.78. The van der Waals surface area contributed by atoms with Gasteiger partial charge in [0.15, 0.2) is 0 Å². The number of rotatable bonds is 4. The summed E-state index contributed by atoms with van der Waals surface area (Å²) in [4.78, 5) is 0. The van der Waals surface area contributed by atoms with Crippen LogP contribution in [-0.4, -0.2) is 0 Å². The average Bonchev–Trinajstić information content (AvgIpc) is 2.88. The Labute approximate surface area is 249 Å². The minimum Gasteiger partial charge on any atom is -0.199 e. The normalized spacial score (nSPS) is 11.8. The van der Waals surface area contributed by atoms with Crippen LogP contribution in [0, 0.1) is 26.7 Å². The van der Waals surface area contributed by atoms with Crippen molar-refractivity contribution in [1.29, 1.82) is 0 Å². The van der Waals surface area contributed by atoms with Gasteiger partial charge in [0.1, 0.15) is 0 Å². The molecule has 0 aliphatic heterocycles. The zero-order valence-corrected chi connectivity index (χ0v) is 27.9. The molecule has 0 heterocycles. The van der Waals surface area contributed by atoms with Crippen LogP contribution in [0.2, 0.25) is 0 Å². The van der Waals surface area contributed by atoms with Crippen LogP contribution in [0.15, 0.2) is 121 Å². The summed E-state index contributed by atoms with van der Waals surface area (Å²) in [5.41, 5.74) is 0. The molecule has 0 nitrogen and oxygen atoms in total. The predicted molar refractivity (Wildman–Crippen MR) is 157 cm³/mol. The third-order valence-electron chi connectivity index (χ3n) is 5.20. The molecule has 0 fully saturated rings. The molecule has 0 spiro atoms. The Bertz CT molecular complexity index is 999. The molecule has 34 heavy (non-hydrogen) atoms. The van der Waals surface area contributed by atoms with Crippen LogP contribution in [-0.2, 0) is 41.3 Å². The van der Waals surface area contributed by atoms with E-state index in [2.05, 4.69) is 123 Å². The fourth-order valence-corrected chi connectivity index (χ4v) is 8.48. The van der Waals surface area contributed by atoms with Gasteiger partial charge < -0.3 is 0 Å². The van der Waals surface area contributed by atoms with E-state index in [1.807, 2.05) is 72.8 Å². The fourth-order valence-electron chi connectivity index (χ4n) is 3.26. The molecule has 4 aromatic carbocycles. The second kappa shape index (κ2) is 14.8. The van der Waals surface area contributed by atoms with E-state index in [9.17, 15) is 0 Å². The summed E-state index contributed by atoms with van der Waals surface area (Å²) in [7, 11) is -1.65. The quantitative estimate of drug-likeness (QED) is 0.110. The van der Waals surface area contributed by atoms with Crippen molar-refractivity contribution in [1.82, 2.24) is 0 Å². The van der Waals surface area contributed by atoms with Crippen LogP contribution in [0.4, 0.5) is 0 Å². The molecule has 0 atom stereocenters. The van der Waals surface area contributed by atoms with Crippen molar-refractivity contribution in [2.45, 2.75) is 0 Å². The Hall–Kier alpha value is 0.181. The molecule has 0 bridgehead atoms. The third-order valence-corrected chi connectivity index (χ3v) is 13.2. The fraction of sp³-hybridized carbons (Fsp3) is 0. The second-order valence-corrected chi connectivity index (χ2v) is 19.6. The molecule has 0 amide bonds. The third kappa shape index (κ3) is 8.64. The summed E-state index contributed by atoms with van der Waals surface area (Å²) in [6.45, 7) is 17.4. The molecule has 4 aromatic rings. The van der Waals surface area contributed by atoms with Gasteiger partial charge in [-0.1, -0.05) is 36.4 Å². The average molecular weight is 980 g/mol. The first-order chi connectivity index (χ1) is 15.7. The SMILES string of the molecule is [Au+].[Br][Au].[CH2-]P([CH2-])(Br)(c1ccccc1)c1ccccc1.[CH2-][P+]([CH2-])(c1ccccc1)c1ccccc1. The van der Waals surface area contributed by atoms with Crippen molar-refractivity contribution < 1.29 is 41.3 Å². The zero-order valence-electron chi connectivity index (χ0n) is 18.6. The number of halogens is 2. The first kappa shape index (κ1) is 32.2. The smallest absolute Gasteiger partial charge is 0.0408 e. The molecule has 0 aliphatic rings. The molecular weight excluding hydrogens is 952 g/mol. The maximum atomic E-state index is 4.38. The molecule has 0 radical (unpaired) electrons. The summed E-state index contributed by atoms with van der Waals surface area (Å²) < 4.78 is 0. The molecule has 0 aliphatic carbocycles. The topological polar surface area (TPSA) is 0 Å². The van der Waals surface area contributed by atoms with Gasteiger partial charge in [0, 0.05) is 10.6 Å². The predicted octanol–water partition coefficient (Wildman–Crippen LogP) is 8.16. The minimum atomic E-state index is -2.62. The van der Waals surface area contributed by atoms with Gasteiger partial charge in [0.2, 0.25) is 0 Å². The van der Waals surface area contributed by atoms with E-state index in [-0.39, 0.29) is 22.4 Å². The van der Waals surface area contributed by atoms with E-state index in [1.54, 1.807) is 0 Å². The maximum absolute atomic E-state index is 4.38. The Morgan fingerprint density at radius 1 is 0.529 bits per heavy atom. The van der Waals surface area contributed by atoms with Gasteiger partial charge in [-0.05, 0) is 24.3 Å². The summed E-state index contributed by atoms with van der Waals surface area (Å²) in [5, 5.41) is 2.21. The van der Waals surface area contributed by atoms with Crippen LogP contribution in [0.3, 0.4) is 0 Å². The number of hydrogen-bond donors (Lipinski definition) is 0. The van der Waals surface area contributed by atoms with Crippen molar-refractivity contribution in [3.63, 3.8) is 0 Å². The largest absolute Gasteiger partial charge is 0.199 e. The Morgan fingerprint density at radius 2 is 0.765 bits per heavy atom. The Morgan fingerprint density at radius 3 is 1.03 bits per heavy atom. The molecule has 6 heteroatoms. The maximum Gasteiger partial charge on any atom is 0.0408 e. The van der Waals surface area contributed by atoms with Gasteiger partial charge in [-0.2, -0.15) is 20.6 Å². The van der Waals surface area contributed by atoms with E-state index < -0.39 is 12.6 Å². The first-order valence-electron chi connectivity index (χ1n) is 10.1. The molecule has 0 saturated carbocycles. The van der Waals surface area contributed by atoms with Crippen molar-refractivity contribution >= 4 is 62.3 Å². The molecule has 0 saturated heterocycles. The van der Waals surface area contributed by atoms with Crippen molar-refractivity contribution in [2.24, 2.45) is 0 Å². The van der Waals surface area contributed by atoms with Crippen molar-refractivity contribution in [2.75, 3.05) is 0 Å². The molecule has 188 valence electrons. The Kier molecular flexibility index (Phi) is 14.0. The van der Waals surface area contributed by atoms with Gasteiger partial charge in [-0.3, -0.25) is 0 Å². The zero-order chi connectivity index (χ0) is 24.4. The van der Waals surface area contributed by atoms with Crippen LogP contribution in [0.1, 0.15) is 0 Å². The molecule has 0 unspecified atom stereocenters. The Balaban J connectivity index is 0.000000309. The monoisotopic (exact) mass is 978 g/mol. The number of hydrogen-bond acceptors (Lipinski definition) is 0. The van der Waals surface area contributed by atoms with Crippen molar-refractivity contribution in [3.05, 3.63) is 148 Å². The van der Waals surface area contributed by atoms with Gasteiger partial charge in [0.05, 0.1) is 0 Å². The van der Waals surface area contributed by atoms with Crippen molar-refractivity contribution in [3.8, 4) is 0 Å². The van der Waals surface area contributed by atoms with E-state index in [0.717, 1.165) is 0 Å². The minimum absolute atomic E-state index is 0. The van der Waals surface area contributed by atoms with E-state index in [4.69, 9.17) is 0 Å². The van der Waals surface area contributed by atoms with E-state index >= 15 is 0 Å². The summed E-state index contributed by atoms with van der Waals surface area (Å²) in [6.07, 6.45) is 0. The van der Waals surface area contributed by atoms with Gasteiger partial charge in [-0.15, -0.1) is 0 Å². The molecule has 0 aromatic heterocycles. The standard InChI is InChI=1S/C14H14BrP.C14H14P.2Au.BrH/c1-16(2,15,13-9-5-3-6-10-13)14-11-7-4-8-12-14;1-15(2,13-9-5-3-6-10-13)14-11-7-4-8-12-14;;;/h3-12H,1-2H2;3-12H,1-2H2;;;1H/q-2;-1;2*+1;/p-1.